The van der Waals surface area contributed by atoms with Crippen molar-refractivity contribution in [3.05, 3.63) is 48.0 Å². The molecule has 2 heteroatoms. The van der Waals surface area contributed by atoms with Crippen molar-refractivity contribution in [1.29, 1.82) is 0 Å². The molecule has 3 aromatic rings. The molecule has 2 aromatic carbocycles. The summed E-state index contributed by atoms with van der Waals surface area (Å²) in [6.45, 7) is 3.20. The number of aromatic nitrogens is 1. The molecule has 0 saturated heterocycles. The van der Waals surface area contributed by atoms with Gasteiger partial charge >= 0.3 is 0 Å². The molecule has 0 amide bonds. The molecule has 1 heterocycles. The highest BCUT2D eigenvalue weighted by molar-refractivity contribution is 6.08. The van der Waals surface area contributed by atoms with Crippen LogP contribution < -0.4 is 5.73 Å². The number of nitrogens with zero attached hydrogens (tertiary/aromatic N) is 1. The lowest BCUT2D eigenvalue weighted by Gasteiger charge is -2.12. The molecule has 0 aliphatic heterocycles. The molecule has 0 radical (unpaired) electrons. The Hall–Kier alpha value is -1.80. The van der Waals surface area contributed by atoms with E-state index in [-0.39, 0.29) is 6.04 Å². The van der Waals surface area contributed by atoms with E-state index >= 15 is 0 Å². The Balaban J connectivity index is 1.88. The first-order valence-electron chi connectivity index (χ1n) is 8.04. The van der Waals surface area contributed by atoms with Crippen molar-refractivity contribution in [2.75, 3.05) is 0 Å². The van der Waals surface area contributed by atoms with Gasteiger partial charge in [-0.05, 0) is 43.0 Å². The zero-order valence-corrected chi connectivity index (χ0v) is 12.5. The molecule has 4 rings (SSSR count). The topological polar surface area (TPSA) is 30.9 Å². The van der Waals surface area contributed by atoms with E-state index in [1.54, 1.807) is 0 Å². The molecule has 1 aliphatic carbocycles. The van der Waals surface area contributed by atoms with Gasteiger partial charge in [0.1, 0.15) is 0 Å². The summed E-state index contributed by atoms with van der Waals surface area (Å²) in [7, 11) is 0. The molecule has 2 nitrogen and oxygen atoms in total. The molecule has 108 valence electrons. The van der Waals surface area contributed by atoms with Crippen molar-refractivity contribution < 1.29 is 0 Å². The number of nitrogens with two attached hydrogens (primary N) is 1. The van der Waals surface area contributed by atoms with Gasteiger partial charge < -0.3 is 10.3 Å². The quantitative estimate of drug-likeness (QED) is 0.742. The minimum Gasteiger partial charge on any atom is -0.341 e. The summed E-state index contributed by atoms with van der Waals surface area (Å²) >= 11 is 0. The van der Waals surface area contributed by atoms with Crippen LogP contribution in [0.2, 0.25) is 0 Å². The molecule has 0 bridgehead atoms. The third-order valence-corrected chi connectivity index (χ3v) is 4.82. The fourth-order valence-corrected chi connectivity index (χ4v) is 3.49. The van der Waals surface area contributed by atoms with Gasteiger partial charge in [-0.2, -0.15) is 0 Å². The highest BCUT2D eigenvalue weighted by Crippen LogP contribution is 2.38. The van der Waals surface area contributed by atoms with Crippen LogP contribution in [0, 0.1) is 5.92 Å². The van der Waals surface area contributed by atoms with Gasteiger partial charge in [0.05, 0.1) is 0 Å². The van der Waals surface area contributed by atoms with E-state index in [2.05, 4.69) is 54.0 Å². The smallest absolute Gasteiger partial charge is 0.0491 e. The van der Waals surface area contributed by atoms with Crippen LogP contribution in [0.4, 0.5) is 0 Å². The molecular formula is C19H22N2. The van der Waals surface area contributed by atoms with Crippen molar-refractivity contribution in [2.45, 2.75) is 38.8 Å². The van der Waals surface area contributed by atoms with Crippen molar-refractivity contribution in [3.8, 4) is 0 Å². The second kappa shape index (κ2) is 4.88. The molecule has 1 atom stereocenters. The minimum absolute atomic E-state index is 0.186. The standard InChI is InChI=1S/C19H22N2/c1-2-21-18-6-4-3-5-15(18)16-12-14(9-10-19(16)21)17(20)11-13-7-8-13/h3-6,9-10,12-13,17H,2,7-8,11,20H2,1H3/t17-/m1/s1. The van der Waals surface area contributed by atoms with Crippen LogP contribution in [-0.2, 0) is 6.54 Å². The Morgan fingerprint density at radius 3 is 2.62 bits per heavy atom. The zero-order valence-electron chi connectivity index (χ0n) is 12.5. The van der Waals surface area contributed by atoms with E-state index in [9.17, 15) is 0 Å². The van der Waals surface area contributed by atoms with E-state index in [1.807, 2.05) is 0 Å². The number of fused-ring (bicyclic) bond motifs is 3. The Labute approximate surface area is 125 Å². The van der Waals surface area contributed by atoms with Gasteiger partial charge in [0.2, 0.25) is 0 Å². The molecular weight excluding hydrogens is 256 g/mol. The van der Waals surface area contributed by atoms with E-state index in [1.165, 1.54) is 40.2 Å². The molecule has 21 heavy (non-hydrogen) atoms. The van der Waals surface area contributed by atoms with E-state index in [0.717, 1.165) is 18.9 Å². The fraction of sp³-hybridized carbons (Fsp3) is 0.368. The summed E-state index contributed by atoms with van der Waals surface area (Å²) in [6, 6.07) is 15.7. The second-order valence-corrected chi connectivity index (χ2v) is 6.32. The predicted octanol–water partition coefficient (Wildman–Crippen LogP) is 4.61. The molecule has 1 aromatic heterocycles. The molecule has 1 aliphatic rings. The predicted molar refractivity (Wildman–Crippen MR) is 89.4 cm³/mol. The van der Waals surface area contributed by atoms with Crippen LogP contribution in [-0.4, -0.2) is 4.57 Å². The summed E-state index contributed by atoms with van der Waals surface area (Å²) in [4.78, 5) is 0. The van der Waals surface area contributed by atoms with Crippen molar-refractivity contribution in [2.24, 2.45) is 11.7 Å². The van der Waals surface area contributed by atoms with Gasteiger partial charge in [-0.1, -0.05) is 37.1 Å². The number of hydrogen-bond acceptors (Lipinski definition) is 1. The number of rotatable bonds is 4. The Bertz CT molecular complexity index is 796. The summed E-state index contributed by atoms with van der Waals surface area (Å²) in [5.41, 5.74) is 10.3. The molecule has 0 spiro atoms. The monoisotopic (exact) mass is 278 g/mol. The maximum atomic E-state index is 6.40. The lowest BCUT2D eigenvalue weighted by atomic mass is 10.00. The summed E-state index contributed by atoms with van der Waals surface area (Å²) in [5, 5.41) is 2.69. The second-order valence-electron chi connectivity index (χ2n) is 6.32. The van der Waals surface area contributed by atoms with Gasteiger partial charge in [-0.25, -0.2) is 0 Å². The zero-order chi connectivity index (χ0) is 14.4. The van der Waals surface area contributed by atoms with E-state index in [0.29, 0.717) is 0 Å². The van der Waals surface area contributed by atoms with Crippen LogP contribution in [0.1, 0.15) is 37.8 Å². The number of aryl methyl sites for hydroxylation is 1. The highest BCUT2D eigenvalue weighted by Gasteiger charge is 2.24. The Morgan fingerprint density at radius 2 is 1.86 bits per heavy atom. The first-order valence-corrected chi connectivity index (χ1v) is 8.04. The van der Waals surface area contributed by atoms with Crippen LogP contribution in [0.15, 0.2) is 42.5 Å². The lowest BCUT2D eigenvalue weighted by molar-refractivity contribution is 0.597. The van der Waals surface area contributed by atoms with Gasteiger partial charge in [0.25, 0.3) is 0 Å². The van der Waals surface area contributed by atoms with E-state index < -0.39 is 0 Å². The Morgan fingerprint density at radius 1 is 1.10 bits per heavy atom. The van der Waals surface area contributed by atoms with Crippen molar-refractivity contribution >= 4 is 21.8 Å². The largest absolute Gasteiger partial charge is 0.341 e. The summed E-state index contributed by atoms with van der Waals surface area (Å²) in [5.74, 6) is 0.868. The SMILES string of the molecule is CCn1c2ccccc2c2cc([C@H](N)CC3CC3)ccc21. The summed E-state index contributed by atoms with van der Waals surface area (Å²) in [6.07, 6.45) is 3.87. The van der Waals surface area contributed by atoms with Crippen LogP contribution in [0.5, 0.6) is 0 Å². The molecule has 1 saturated carbocycles. The van der Waals surface area contributed by atoms with Crippen LogP contribution in [0.3, 0.4) is 0 Å². The number of benzene rings is 2. The summed E-state index contributed by atoms with van der Waals surface area (Å²) < 4.78 is 2.39. The minimum atomic E-state index is 0.186. The van der Waals surface area contributed by atoms with Gasteiger partial charge in [0, 0.05) is 34.4 Å². The number of hydrogen-bond donors (Lipinski definition) is 1. The van der Waals surface area contributed by atoms with Crippen molar-refractivity contribution in [1.82, 2.24) is 4.57 Å². The first-order chi connectivity index (χ1) is 10.3. The maximum absolute atomic E-state index is 6.40. The van der Waals surface area contributed by atoms with Crippen LogP contribution in [0.25, 0.3) is 21.8 Å². The molecule has 0 unspecified atom stereocenters. The third-order valence-electron chi connectivity index (χ3n) is 4.82. The maximum Gasteiger partial charge on any atom is 0.0491 e. The Kier molecular flexibility index (Phi) is 3.00. The molecule has 2 N–H and O–H groups in total. The normalized spacial score (nSPS) is 16.7. The van der Waals surface area contributed by atoms with Crippen molar-refractivity contribution in [3.63, 3.8) is 0 Å². The lowest BCUT2D eigenvalue weighted by Crippen LogP contribution is -2.10. The molecule has 1 fully saturated rings. The van der Waals surface area contributed by atoms with Gasteiger partial charge in [0.15, 0.2) is 0 Å². The third kappa shape index (κ3) is 2.14. The van der Waals surface area contributed by atoms with Gasteiger partial charge in [-0.3, -0.25) is 0 Å². The fourth-order valence-electron chi connectivity index (χ4n) is 3.49. The average molecular weight is 278 g/mol. The van der Waals surface area contributed by atoms with Gasteiger partial charge in [-0.15, -0.1) is 0 Å². The van der Waals surface area contributed by atoms with Crippen LogP contribution >= 0.6 is 0 Å². The first kappa shape index (κ1) is 12.9. The average Bonchev–Trinajstić information content (AvgIpc) is 3.27. The highest BCUT2D eigenvalue weighted by atomic mass is 15.0. The number of para-hydroxylation sites is 1. The van der Waals surface area contributed by atoms with E-state index in [4.69, 9.17) is 5.73 Å².